The van der Waals surface area contributed by atoms with E-state index < -0.39 is 55.0 Å². The Morgan fingerprint density at radius 2 is 1.18 bits per heavy atom. The van der Waals surface area contributed by atoms with Crippen LogP contribution in [0.3, 0.4) is 0 Å². The van der Waals surface area contributed by atoms with E-state index in [1.807, 2.05) is 13.8 Å². The first-order valence-electron chi connectivity index (χ1n) is 23.5. The van der Waals surface area contributed by atoms with E-state index in [-0.39, 0.29) is 18.4 Å². The molecule has 1 rings (SSSR count). The van der Waals surface area contributed by atoms with Gasteiger partial charge in [0.2, 0.25) is 17.7 Å². The van der Waals surface area contributed by atoms with Crippen molar-refractivity contribution in [3.8, 4) is 0 Å². The summed E-state index contributed by atoms with van der Waals surface area (Å²) in [6, 6.07) is -2.12. The van der Waals surface area contributed by atoms with Gasteiger partial charge in [-0.25, -0.2) is 0 Å². The minimum atomic E-state index is -1.52. The molecule has 0 radical (unpaired) electrons. The third-order valence-electron chi connectivity index (χ3n) is 11.3. The molecular formula is C46H88N4O7. The second kappa shape index (κ2) is 34.8. The lowest BCUT2D eigenvalue weighted by Crippen LogP contribution is -2.70. The van der Waals surface area contributed by atoms with E-state index in [2.05, 4.69) is 36.6 Å². The summed E-state index contributed by atoms with van der Waals surface area (Å²) in [7, 11) is 0. The Labute approximate surface area is 348 Å². The predicted octanol–water partition coefficient (Wildman–Crippen LogP) is 7.97. The number of carbonyl (C=O) groups excluding carboxylic acids is 3. The fourth-order valence-electron chi connectivity index (χ4n) is 7.75. The quantitative estimate of drug-likeness (QED) is 0.0273. The number of hydrogen-bond donors (Lipinski definition) is 6. The van der Waals surface area contributed by atoms with Gasteiger partial charge in [0.1, 0.15) is 30.4 Å². The third-order valence-corrected chi connectivity index (χ3v) is 11.3. The Balaban J connectivity index is 2.89. The number of unbranched alkanes of at least 4 members (excludes halogenated alkanes) is 22. The van der Waals surface area contributed by atoms with Crippen LogP contribution >= 0.6 is 0 Å². The molecule has 1 aliphatic heterocycles. The molecule has 0 aromatic heterocycles. The van der Waals surface area contributed by atoms with Crippen molar-refractivity contribution in [1.29, 1.82) is 0 Å². The van der Waals surface area contributed by atoms with Crippen molar-refractivity contribution in [2.75, 3.05) is 19.7 Å². The highest BCUT2D eigenvalue weighted by molar-refractivity contribution is 5.88. The van der Waals surface area contributed by atoms with Gasteiger partial charge < -0.3 is 41.3 Å². The molecule has 3 amide bonds. The Hall–Kier alpha value is -2.05. The normalized spacial score (nSPS) is 20.3. The number of carbonyl (C=O) groups is 3. The predicted molar refractivity (Wildman–Crippen MR) is 232 cm³/mol. The summed E-state index contributed by atoms with van der Waals surface area (Å²) < 4.78 is 6.18. The molecule has 0 unspecified atom stereocenters. The van der Waals surface area contributed by atoms with Crippen LogP contribution in [0.1, 0.15) is 201 Å². The zero-order chi connectivity index (χ0) is 42.1. The first-order valence-corrected chi connectivity index (χ1v) is 23.5. The molecule has 0 bridgehead atoms. The summed E-state index contributed by atoms with van der Waals surface area (Å²) in [6.07, 6.45) is 29.2. The highest BCUT2D eigenvalue weighted by atomic mass is 16.5. The molecule has 1 heterocycles. The van der Waals surface area contributed by atoms with Crippen molar-refractivity contribution < 1.29 is 34.4 Å². The number of aliphatic hydroxyl groups excluding tert-OH is 3. The fourth-order valence-corrected chi connectivity index (χ4v) is 7.75. The van der Waals surface area contributed by atoms with Crippen LogP contribution in [0.4, 0.5) is 0 Å². The van der Waals surface area contributed by atoms with E-state index in [4.69, 9.17) is 10.5 Å². The Morgan fingerprint density at radius 1 is 0.702 bits per heavy atom. The smallest absolute Gasteiger partial charge is 0.243 e. The van der Waals surface area contributed by atoms with E-state index in [0.717, 1.165) is 64.2 Å². The number of aliphatic hydroxyl groups is 3. The van der Waals surface area contributed by atoms with Crippen LogP contribution in [-0.4, -0.2) is 94.3 Å². The molecule has 0 aliphatic carbocycles. The molecule has 57 heavy (non-hydrogen) atoms. The molecule has 11 heteroatoms. The van der Waals surface area contributed by atoms with Gasteiger partial charge in [0.05, 0.1) is 13.2 Å². The van der Waals surface area contributed by atoms with Crippen LogP contribution < -0.4 is 16.4 Å². The number of ether oxygens (including phenoxy) is 1. The zero-order valence-corrected chi connectivity index (χ0v) is 36.9. The van der Waals surface area contributed by atoms with Crippen LogP contribution in [0.25, 0.3) is 0 Å². The van der Waals surface area contributed by atoms with E-state index >= 15 is 0 Å². The number of allylic oxidation sites excluding steroid dienone is 2. The van der Waals surface area contributed by atoms with E-state index in [1.165, 1.54) is 89.9 Å². The van der Waals surface area contributed by atoms with Crippen LogP contribution in [0.5, 0.6) is 0 Å². The van der Waals surface area contributed by atoms with Crippen molar-refractivity contribution in [2.45, 2.75) is 238 Å². The number of rotatable bonds is 36. The molecule has 11 nitrogen and oxygen atoms in total. The lowest BCUT2D eigenvalue weighted by molar-refractivity contribution is -0.231. The lowest BCUT2D eigenvalue weighted by Gasteiger charge is -2.47. The molecule has 0 spiro atoms. The summed E-state index contributed by atoms with van der Waals surface area (Å²) in [5, 5.41) is 37.8. The summed E-state index contributed by atoms with van der Waals surface area (Å²) in [6.45, 7) is 7.85. The van der Waals surface area contributed by atoms with Crippen LogP contribution in [0.2, 0.25) is 0 Å². The fraction of sp³-hybridized carbons (Fsp3) is 0.891. The standard InChI is InChI=1S/C46H88N4O7/c1-5-7-9-11-13-15-17-19-20-21-22-24-26-28-30-32-41(53)50(33-31-29-27-25-23-18-16-14-12-10-8-6-2)46-42(44(55)43(54)39(36-51)57-46)49-45(56)38(34-37(3)4)48-40(52)35-47/h19-20,37-39,42-44,46,51,54-55H,5-18,21-36,47H2,1-4H3,(H,48,52)(H,49,56)/b20-19-/t38-,39+,42+,43+,44+,46+/m0/s1. The van der Waals surface area contributed by atoms with Gasteiger partial charge in [0.25, 0.3) is 0 Å². The van der Waals surface area contributed by atoms with Gasteiger partial charge in [0.15, 0.2) is 6.23 Å². The maximum Gasteiger partial charge on any atom is 0.243 e. The van der Waals surface area contributed by atoms with Gasteiger partial charge in [-0.3, -0.25) is 14.4 Å². The van der Waals surface area contributed by atoms with Crippen molar-refractivity contribution in [3.63, 3.8) is 0 Å². The molecule has 6 atom stereocenters. The molecular weight excluding hydrogens is 721 g/mol. The second-order valence-corrected chi connectivity index (χ2v) is 17.0. The van der Waals surface area contributed by atoms with Crippen molar-refractivity contribution in [3.05, 3.63) is 12.2 Å². The Kier molecular flexibility index (Phi) is 32.3. The Bertz CT molecular complexity index is 1040. The minimum absolute atomic E-state index is 0.0572. The molecule has 0 aromatic rings. The monoisotopic (exact) mass is 809 g/mol. The number of nitrogens with zero attached hydrogens (tertiary/aromatic N) is 1. The molecule has 1 saturated heterocycles. The van der Waals surface area contributed by atoms with Crippen LogP contribution in [0.15, 0.2) is 12.2 Å². The van der Waals surface area contributed by atoms with Gasteiger partial charge in [-0.1, -0.05) is 162 Å². The molecule has 0 aromatic carbocycles. The van der Waals surface area contributed by atoms with E-state index in [1.54, 1.807) is 4.90 Å². The zero-order valence-electron chi connectivity index (χ0n) is 36.9. The molecule has 1 fully saturated rings. The summed E-state index contributed by atoms with van der Waals surface area (Å²) in [5.41, 5.74) is 5.53. The van der Waals surface area contributed by atoms with Gasteiger partial charge in [-0.15, -0.1) is 0 Å². The largest absolute Gasteiger partial charge is 0.394 e. The minimum Gasteiger partial charge on any atom is -0.394 e. The summed E-state index contributed by atoms with van der Waals surface area (Å²) in [5.74, 6) is -1.14. The number of amides is 3. The van der Waals surface area contributed by atoms with E-state index in [9.17, 15) is 29.7 Å². The molecule has 334 valence electrons. The molecule has 0 saturated carbocycles. The highest BCUT2D eigenvalue weighted by Crippen LogP contribution is 2.26. The highest BCUT2D eigenvalue weighted by Gasteiger charge is 2.48. The topological polar surface area (TPSA) is 174 Å². The van der Waals surface area contributed by atoms with Crippen LogP contribution in [-0.2, 0) is 19.1 Å². The third kappa shape index (κ3) is 24.6. The van der Waals surface area contributed by atoms with Crippen molar-refractivity contribution in [2.24, 2.45) is 11.7 Å². The van der Waals surface area contributed by atoms with E-state index in [0.29, 0.717) is 25.8 Å². The first kappa shape index (κ1) is 53.0. The maximum absolute atomic E-state index is 14.0. The number of nitrogens with one attached hydrogen (secondary N) is 2. The average molecular weight is 809 g/mol. The van der Waals surface area contributed by atoms with Gasteiger partial charge in [-0.2, -0.15) is 0 Å². The average Bonchev–Trinajstić information content (AvgIpc) is 3.19. The number of hydrogen-bond acceptors (Lipinski definition) is 8. The number of nitrogens with two attached hydrogens (primary N) is 1. The molecule has 1 aliphatic rings. The second-order valence-electron chi connectivity index (χ2n) is 17.0. The van der Waals surface area contributed by atoms with Crippen molar-refractivity contribution >= 4 is 17.7 Å². The molecule has 7 N–H and O–H groups in total. The lowest BCUT2D eigenvalue weighted by atomic mass is 9.94. The van der Waals surface area contributed by atoms with Crippen molar-refractivity contribution in [1.82, 2.24) is 15.5 Å². The maximum atomic E-state index is 14.0. The summed E-state index contributed by atoms with van der Waals surface area (Å²) >= 11 is 0. The van der Waals surface area contributed by atoms with Crippen LogP contribution in [0, 0.1) is 5.92 Å². The summed E-state index contributed by atoms with van der Waals surface area (Å²) in [4.78, 5) is 41.5. The van der Waals surface area contributed by atoms with Gasteiger partial charge in [-0.05, 0) is 50.9 Å². The van der Waals surface area contributed by atoms with Gasteiger partial charge in [0, 0.05) is 13.0 Å². The SMILES string of the molecule is CCCCCCCC/C=C\CCCCCCCC(=O)N(CCCCCCCCCCCCCC)[C@@H]1O[C@H](CO)[C@@H](O)[C@H](O)[C@H]1NC(=O)[C@H](CC(C)C)NC(=O)CN. The Morgan fingerprint density at radius 3 is 1.65 bits per heavy atom. The first-order chi connectivity index (χ1) is 27.6. The van der Waals surface area contributed by atoms with Gasteiger partial charge >= 0.3 is 0 Å².